The van der Waals surface area contributed by atoms with Gasteiger partial charge in [-0.15, -0.1) is 0 Å². The molecule has 1 heterocycles. The maximum absolute atomic E-state index is 13.0. The molecule has 182 valence electrons. The van der Waals surface area contributed by atoms with Gasteiger partial charge in [0.15, 0.2) is 0 Å². The second-order valence-electron chi connectivity index (χ2n) is 8.36. The largest absolute Gasteiger partial charge is 0.416 e. The van der Waals surface area contributed by atoms with E-state index in [4.69, 9.17) is 0 Å². The molecule has 0 radical (unpaired) electrons. The van der Waals surface area contributed by atoms with Crippen LogP contribution in [-0.2, 0) is 17.1 Å². The SMILES string of the molecule is CCC(C)C(=O)NCCCCN1CCC(Nc2cc(C(F)(F)F)cc(C(F)(F)F)c2)CC1. The number of hydrogen-bond acceptors (Lipinski definition) is 3. The summed E-state index contributed by atoms with van der Waals surface area (Å²) in [6.07, 6.45) is -5.89. The van der Waals surface area contributed by atoms with Crippen molar-refractivity contribution in [3.63, 3.8) is 0 Å². The van der Waals surface area contributed by atoms with E-state index in [2.05, 4.69) is 15.5 Å². The predicted molar refractivity (Wildman–Crippen MR) is 111 cm³/mol. The van der Waals surface area contributed by atoms with Crippen LogP contribution >= 0.6 is 0 Å². The van der Waals surface area contributed by atoms with Gasteiger partial charge in [0.05, 0.1) is 11.1 Å². The minimum Gasteiger partial charge on any atom is -0.382 e. The van der Waals surface area contributed by atoms with Gasteiger partial charge in [-0.05, 0) is 56.8 Å². The van der Waals surface area contributed by atoms with Crippen molar-refractivity contribution in [3.8, 4) is 0 Å². The highest BCUT2D eigenvalue weighted by molar-refractivity contribution is 5.78. The Labute approximate surface area is 184 Å². The normalized spacial score (nSPS) is 17.2. The third kappa shape index (κ3) is 8.18. The molecule has 0 spiro atoms. The molecule has 1 atom stereocenters. The first-order valence-corrected chi connectivity index (χ1v) is 11.0. The summed E-state index contributed by atoms with van der Waals surface area (Å²) >= 11 is 0. The van der Waals surface area contributed by atoms with Gasteiger partial charge in [0.25, 0.3) is 0 Å². The topological polar surface area (TPSA) is 44.4 Å². The molecular weight excluding hydrogens is 436 g/mol. The Balaban J connectivity index is 1.80. The van der Waals surface area contributed by atoms with Crippen LogP contribution in [0.15, 0.2) is 18.2 Å². The molecule has 1 saturated heterocycles. The lowest BCUT2D eigenvalue weighted by Gasteiger charge is -2.33. The monoisotopic (exact) mass is 467 g/mol. The molecule has 10 heteroatoms. The van der Waals surface area contributed by atoms with Gasteiger partial charge in [-0.3, -0.25) is 4.79 Å². The Morgan fingerprint density at radius 3 is 2.09 bits per heavy atom. The summed E-state index contributed by atoms with van der Waals surface area (Å²) in [5.41, 5.74) is -2.79. The van der Waals surface area contributed by atoms with E-state index in [1.54, 1.807) is 0 Å². The van der Waals surface area contributed by atoms with Crippen LogP contribution in [0.3, 0.4) is 0 Å². The molecule has 32 heavy (non-hydrogen) atoms. The van der Waals surface area contributed by atoms with E-state index >= 15 is 0 Å². The van der Waals surface area contributed by atoms with Crippen molar-refractivity contribution in [1.29, 1.82) is 0 Å². The summed E-state index contributed by atoms with van der Waals surface area (Å²) in [5.74, 6) is 0.0632. The summed E-state index contributed by atoms with van der Waals surface area (Å²) in [6, 6.07) is 1.41. The Hall–Kier alpha value is -1.97. The number of halogens is 6. The van der Waals surface area contributed by atoms with Gasteiger partial charge in [0.2, 0.25) is 5.91 Å². The summed E-state index contributed by atoms with van der Waals surface area (Å²) in [7, 11) is 0. The Bertz CT molecular complexity index is 710. The second kappa shape index (κ2) is 11.2. The molecule has 1 fully saturated rings. The molecule has 2 rings (SSSR count). The number of nitrogens with one attached hydrogen (secondary N) is 2. The molecular formula is C22H31F6N3O. The number of alkyl halides is 6. The van der Waals surface area contributed by atoms with Crippen molar-refractivity contribution in [3.05, 3.63) is 29.3 Å². The highest BCUT2D eigenvalue weighted by Gasteiger charge is 2.37. The first kappa shape index (κ1) is 26.3. The molecule has 1 aromatic rings. The van der Waals surface area contributed by atoms with Crippen LogP contribution in [0.2, 0.25) is 0 Å². The zero-order valence-electron chi connectivity index (χ0n) is 18.4. The first-order valence-electron chi connectivity index (χ1n) is 11.0. The van der Waals surface area contributed by atoms with E-state index in [0.29, 0.717) is 32.5 Å². The highest BCUT2D eigenvalue weighted by atomic mass is 19.4. The molecule has 1 aliphatic rings. The molecule has 1 amide bonds. The Kier molecular flexibility index (Phi) is 9.24. The van der Waals surface area contributed by atoms with Crippen LogP contribution in [0, 0.1) is 5.92 Å². The summed E-state index contributed by atoms with van der Waals surface area (Å²) in [4.78, 5) is 13.9. The fraction of sp³-hybridized carbons (Fsp3) is 0.682. The number of carbonyl (C=O) groups is 1. The van der Waals surface area contributed by atoms with Crippen molar-refractivity contribution in [2.45, 2.75) is 64.3 Å². The lowest BCUT2D eigenvalue weighted by atomic mass is 10.0. The lowest BCUT2D eigenvalue weighted by molar-refractivity contribution is -0.143. The van der Waals surface area contributed by atoms with Crippen molar-refractivity contribution < 1.29 is 31.1 Å². The first-order chi connectivity index (χ1) is 14.9. The summed E-state index contributed by atoms with van der Waals surface area (Å²) in [5, 5.41) is 5.77. The van der Waals surface area contributed by atoms with E-state index in [1.807, 2.05) is 13.8 Å². The van der Waals surface area contributed by atoms with Crippen molar-refractivity contribution in [2.75, 3.05) is 31.5 Å². The van der Waals surface area contributed by atoms with Gasteiger partial charge in [-0.1, -0.05) is 13.8 Å². The zero-order chi connectivity index (χ0) is 23.9. The van der Waals surface area contributed by atoms with Crippen LogP contribution in [-0.4, -0.2) is 43.0 Å². The molecule has 0 aromatic heterocycles. The van der Waals surface area contributed by atoms with Gasteiger partial charge >= 0.3 is 12.4 Å². The average Bonchev–Trinajstić information content (AvgIpc) is 2.72. The maximum Gasteiger partial charge on any atom is 0.416 e. The predicted octanol–water partition coefficient (Wildman–Crippen LogP) is 5.54. The van der Waals surface area contributed by atoms with Crippen molar-refractivity contribution in [1.82, 2.24) is 10.2 Å². The fourth-order valence-corrected chi connectivity index (χ4v) is 3.61. The highest BCUT2D eigenvalue weighted by Crippen LogP contribution is 2.37. The van der Waals surface area contributed by atoms with Crippen LogP contribution in [0.1, 0.15) is 57.1 Å². The third-order valence-electron chi connectivity index (χ3n) is 5.81. The van der Waals surface area contributed by atoms with E-state index in [9.17, 15) is 31.1 Å². The number of piperidine rings is 1. The average molecular weight is 467 g/mol. The third-order valence-corrected chi connectivity index (χ3v) is 5.81. The van der Waals surface area contributed by atoms with Crippen molar-refractivity contribution in [2.24, 2.45) is 5.92 Å². The minimum absolute atomic E-state index is 0.00515. The molecule has 0 saturated carbocycles. The van der Waals surface area contributed by atoms with Crippen LogP contribution in [0.25, 0.3) is 0 Å². The Morgan fingerprint density at radius 1 is 1.03 bits per heavy atom. The van der Waals surface area contributed by atoms with E-state index in [0.717, 1.165) is 37.9 Å². The van der Waals surface area contributed by atoms with Gasteiger partial charge in [-0.2, -0.15) is 26.3 Å². The second-order valence-corrected chi connectivity index (χ2v) is 8.36. The zero-order valence-corrected chi connectivity index (χ0v) is 18.4. The summed E-state index contributed by atoms with van der Waals surface area (Å²) < 4.78 is 78.1. The van der Waals surface area contributed by atoms with E-state index in [-0.39, 0.29) is 29.6 Å². The van der Waals surface area contributed by atoms with Gasteiger partial charge in [0, 0.05) is 37.3 Å². The lowest BCUT2D eigenvalue weighted by Crippen LogP contribution is -2.39. The molecule has 0 aliphatic carbocycles. The number of anilines is 1. The molecule has 1 unspecified atom stereocenters. The van der Waals surface area contributed by atoms with Crippen LogP contribution in [0.4, 0.5) is 32.0 Å². The number of hydrogen-bond donors (Lipinski definition) is 2. The number of amides is 1. The standard InChI is InChI=1S/C22H31F6N3O/c1-3-15(2)20(32)29-8-4-5-9-31-10-6-18(7-11-31)30-19-13-16(21(23,24)25)12-17(14-19)22(26,27)28/h12-15,18,30H,3-11H2,1-2H3,(H,29,32). The quantitative estimate of drug-likeness (QED) is 0.370. The number of nitrogens with zero attached hydrogens (tertiary/aromatic N) is 1. The smallest absolute Gasteiger partial charge is 0.382 e. The molecule has 2 N–H and O–H groups in total. The summed E-state index contributed by atoms with van der Waals surface area (Å²) in [6.45, 7) is 6.73. The molecule has 1 aliphatic heterocycles. The number of unbranched alkanes of at least 4 members (excludes halogenated alkanes) is 1. The van der Waals surface area contributed by atoms with Gasteiger partial charge < -0.3 is 15.5 Å². The number of carbonyl (C=O) groups excluding carboxylic acids is 1. The molecule has 1 aromatic carbocycles. The number of benzene rings is 1. The minimum atomic E-state index is -4.85. The van der Waals surface area contributed by atoms with Gasteiger partial charge in [-0.25, -0.2) is 0 Å². The molecule has 0 bridgehead atoms. The van der Waals surface area contributed by atoms with E-state index < -0.39 is 23.5 Å². The van der Waals surface area contributed by atoms with Gasteiger partial charge in [0.1, 0.15) is 0 Å². The number of rotatable bonds is 9. The maximum atomic E-state index is 13.0. The Morgan fingerprint density at radius 2 is 1.59 bits per heavy atom. The van der Waals surface area contributed by atoms with E-state index in [1.165, 1.54) is 0 Å². The fourth-order valence-electron chi connectivity index (χ4n) is 3.61. The van der Waals surface area contributed by atoms with Crippen LogP contribution in [0.5, 0.6) is 0 Å². The van der Waals surface area contributed by atoms with Crippen molar-refractivity contribution >= 4 is 11.6 Å². The molecule has 4 nitrogen and oxygen atoms in total. The number of likely N-dealkylation sites (tertiary alicyclic amines) is 1. The van der Waals surface area contributed by atoms with Crippen LogP contribution < -0.4 is 10.6 Å².